The zero-order chi connectivity index (χ0) is 14.8. The van der Waals surface area contributed by atoms with Crippen LogP contribution in [0, 0.1) is 0 Å². The molecular weight excluding hydrogens is 360 g/mol. The average molecular weight is 375 g/mol. The van der Waals surface area contributed by atoms with Gasteiger partial charge in [-0.25, -0.2) is 13.1 Å². The second kappa shape index (κ2) is 6.36. The van der Waals surface area contributed by atoms with Gasteiger partial charge in [0.1, 0.15) is 0 Å². The predicted octanol–water partition coefficient (Wildman–Crippen LogP) is 3.01. The first-order valence-corrected chi connectivity index (χ1v) is 9.14. The third-order valence-electron chi connectivity index (χ3n) is 2.82. The number of thiophene rings is 1. The molecule has 3 N–H and O–H groups in total. The number of nitrogens with one attached hydrogen (secondary N) is 1. The molecule has 4 nitrogen and oxygen atoms in total. The van der Waals surface area contributed by atoms with Crippen LogP contribution in [0.25, 0.3) is 0 Å². The summed E-state index contributed by atoms with van der Waals surface area (Å²) in [7, 11) is -3.57. The second-order valence-corrected chi connectivity index (χ2v) is 7.84. The molecule has 0 radical (unpaired) electrons. The Morgan fingerprint density at radius 2 is 2.15 bits per heavy atom. The smallest absolute Gasteiger partial charge is 0.242 e. The van der Waals surface area contributed by atoms with E-state index in [0.717, 1.165) is 10.4 Å². The molecule has 2 aromatic rings. The molecule has 20 heavy (non-hydrogen) atoms. The van der Waals surface area contributed by atoms with Crippen LogP contribution in [0.5, 0.6) is 0 Å². The number of halogens is 1. The molecule has 0 aliphatic carbocycles. The first-order chi connectivity index (χ1) is 9.44. The van der Waals surface area contributed by atoms with E-state index >= 15 is 0 Å². The van der Waals surface area contributed by atoms with E-state index in [1.807, 2.05) is 24.4 Å². The number of nitrogens with two attached hydrogens (primary N) is 1. The van der Waals surface area contributed by atoms with Gasteiger partial charge in [-0.1, -0.05) is 12.1 Å². The molecule has 1 atom stereocenters. The zero-order valence-corrected chi connectivity index (χ0v) is 14.1. The van der Waals surface area contributed by atoms with Crippen molar-refractivity contribution >= 4 is 37.3 Å². The Hall–Kier alpha value is -0.730. The van der Waals surface area contributed by atoms with E-state index in [2.05, 4.69) is 20.7 Å². The van der Waals surface area contributed by atoms with Crippen LogP contribution < -0.4 is 10.5 Å². The van der Waals surface area contributed by atoms with E-state index in [4.69, 9.17) is 5.73 Å². The maximum absolute atomic E-state index is 12.4. The van der Waals surface area contributed by atoms with E-state index in [9.17, 15) is 8.42 Å². The average Bonchev–Trinajstić information content (AvgIpc) is 2.91. The van der Waals surface area contributed by atoms with Gasteiger partial charge < -0.3 is 5.73 Å². The summed E-state index contributed by atoms with van der Waals surface area (Å²) in [6.07, 6.45) is 0. The third-order valence-corrected chi connectivity index (χ3v) is 6.40. The number of sulfonamides is 1. The molecule has 0 aliphatic heterocycles. The molecule has 1 unspecified atom stereocenters. The van der Waals surface area contributed by atoms with Crippen molar-refractivity contribution in [2.75, 3.05) is 0 Å². The summed E-state index contributed by atoms with van der Waals surface area (Å²) >= 11 is 4.81. The lowest BCUT2D eigenvalue weighted by molar-refractivity contribution is 0.568. The van der Waals surface area contributed by atoms with Gasteiger partial charge in [-0.05, 0) is 52.0 Å². The number of rotatable bonds is 5. The SMILES string of the molecule is CC(NS(=O)(=O)c1ccc(CN)cc1Br)c1cccs1. The van der Waals surface area contributed by atoms with Gasteiger partial charge in [0.05, 0.1) is 10.9 Å². The Balaban J connectivity index is 2.27. The van der Waals surface area contributed by atoms with E-state index < -0.39 is 10.0 Å². The van der Waals surface area contributed by atoms with Crippen LogP contribution in [-0.2, 0) is 16.6 Å². The number of hydrogen-bond donors (Lipinski definition) is 2. The number of hydrogen-bond acceptors (Lipinski definition) is 4. The van der Waals surface area contributed by atoms with Crippen LogP contribution in [0.1, 0.15) is 23.4 Å². The van der Waals surface area contributed by atoms with Gasteiger partial charge >= 0.3 is 0 Å². The van der Waals surface area contributed by atoms with Crippen LogP contribution in [0.2, 0.25) is 0 Å². The maximum atomic E-state index is 12.4. The van der Waals surface area contributed by atoms with Gasteiger partial charge in [0.2, 0.25) is 10.0 Å². The molecule has 0 saturated carbocycles. The van der Waals surface area contributed by atoms with E-state index in [-0.39, 0.29) is 10.9 Å². The Morgan fingerprint density at radius 3 is 2.70 bits per heavy atom. The molecule has 1 heterocycles. The van der Waals surface area contributed by atoms with E-state index in [1.54, 1.807) is 18.2 Å². The van der Waals surface area contributed by atoms with Gasteiger partial charge in [0.15, 0.2) is 0 Å². The molecule has 1 aromatic carbocycles. The molecule has 0 bridgehead atoms. The molecule has 0 aliphatic rings. The summed E-state index contributed by atoms with van der Waals surface area (Å²) < 4.78 is 28.0. The monoisotopic (exact) mass is 374 g/mol. The van der Waals surface area contributed by atoms with Crippen LogP contribution in [-0.4, -0.2) is 8.42 Å². The highest BCUT2D eigenvalue weighted by Gasteiger charge is 2.21. The third kappa shape index (κ3) is 3.48. The Morgan fingerprint density at radius 1 is 1.40 bits per heavy atom. The quantitative estimate of drug-likeness (QED) is 0.844. The van der Waals surface area contributed by atoms with Crippen LogP contribution >= 0.6 is 27.3 Å². The zero-order valence-electron chi connectivity index (χ0n) is 10.8. The van der Waals surface area contributed by atoms with Gasteiger partial charge in [-0.2, -0.15) is 0 Å². The first kappa shape index (κ1) is 15.7. The molecule has 108 valence electrons. The predicted molar refractivity (Wildman–Crippen MR) is 85.1 cm³/mol. The molecule has 7 heteroatoms. The molecular formula is C13H15BrN2O2S2. The summed E-state index contributed by atoms with van der Waals surface area (Å²) in [5, 5.41) is 1.92. The highest BCUT2D eigenvalue weighted by atomic mass is 79.9. The largest absolute Gasteiger partial charge is 0.326 e. The normalized spacial score (nSPS) is 13.3. The minimum atomic E-state index is -3.57. The summed E-state index contributed by atoms with van der Waals surface area (Å²) in [5.41, 5.74) is 6.42. The second-order valence-electron chi connectivity index (χ2n) is 4.33. The van der Waals surface area contributed by atoms with Gasteiger partial charge in [0.25, 0.3) is 0 Å². The van der Waals surface area contributed by atoms with E-state index in [1.165, 1.54) is 11.3 Å². The van der Waals surface area contributed by atoms with Gasteiger partial charge in [-0.15, -0.1) is 11.3 Å². The van der Waals surface area contributed by atoms with Crippen molar-refractivity contribution in [2.24, 2.45) is 5.73 Å². The minimum Gasteiger partial charge on any atom is -0.326 e. The summed E-state index contributed by atoms with van der Waals surface area (Å²) in [6.45, 7) is 2.20. The lowest BCUT2D eigenvalue weighted by atomic mass is 10.2. The highest BCUT2D eigenvalue weighted by Crippen LogP contribution is 2.26. The van der Waals surface area contributed by atoms with Crippen molar-refractivity contribution in [1.29, 1.82) is 0 Å². The molecule has 0 spiro atoms. The van der Waals surface area contributed by atoms with Crippen molar-refractivity contribution in [1.82, 2.24) is 4.72 Å². The van der Waals surface area contributed by atoms with Crippen LogP contribution in [0.15, 0.2) is 45.1 Å². The Bertz CT molecular complexity index is 684. The fraction of sp³-hybridized carbons (Fsp3) is 0.231. The van der Waals surface area contributed by atoms with Crippen molar-refractivity contribution in [3.05, 3.63) is 50.6 Å². The van der Waals surface area contributed by atoms with Gasteiger partial charge in [-0.3, -0.25) is 0 Å². The topological polar surface area (TPSA) is 72.2 Å². The fourth-order valence-corrected chi connectivity index (χ4v) is 4.94. The number of benzene rings is 1. The van der Waals surface area contributed by atoms with Gasteiger partial charge in [0, 0.05) is 15.9 Å². The van der Waals surface area contributed by atoms with Crippen LogP contribution in [0.3, 0.4) is 0 Å². The molecule has 0 saturated heterocycles. The maximum Gasteiger partial charge on any atom is 0.242 e. The summed E-state index contributed by atoms with van der Waals surface area (Å²) in [6, 6.07) is 8.55. The Labute approximate surface area is 131 Å². The molecule has 0 fully saturated rings. The van der Waals surface area contributed by atoms with Crippen molar-refractivity contribution < 1.29 is 8.42 Å². The van der Waals surface area contributed by atoms with Crippen LogP contribution in [0.4, 0.5) is 0 Å². The van der Waals surface area contributed by atoms with Crippen molar-refractivity contribution in [3.8, 4) is 0 Å². The fourth-order valence-electron chi connectivity index (χ4n) is 1.78. The minimum absolute atomic E-state index is 0.220. The van der Waals surface area contributed by atoms with Crippen molar-refractivity contribution in [3.63, 3.8) is 0 Å². The summed E-state index contributed by atoms with van der Waals surface area (Å²) in [4.78, 5) is 1.20. The molecule has 2 rings (SSSR count). The first-order valence-electron chi connectivity index (χ1n) is 5.98. The molecule has 1 aromatic heterocycles. The summed E-state index contributed by atoms with van der Waals surface area (Å²) in [5.74, 6) is 0. The van der Waals surface area contributed by atoms with E-state index in [0.29, 0.717) is 11.0 Å². The highest BCUT2D eigenvalue weighted by molar-refractivity contribution is 9.10. The van der Waals surface area contributed by atoms with Crippen molar-refractivity contribution in [2.45, 2.75) is 24.4 Å². The lowest BCUT2D eigenvalue weighted by Gasteiger charge is -2.14. The molecule has 0 amide bonds. The Kier molecular flexibility index (Phi) is 4.98. The lowest BCUT2D eigenvalue weighted by Crippen LogP contribution is -2.26. The standard InChI is InChI=1S/C13H15BrN2O2S2/c1-9(12-3-2-6-19-12)16-20(17,18)13-5-4-10(8-15)7-11(13)14/h2-7,9,16H,8,15H2,1H3.